The fraction of sp³-hybridized carbons (Fsp3) is 0.750. The van der Waals surface area contributed by atoms with E-state index in [0.29, 0.717) is 5.75 Å². The van der Waals surface area contributed by atoms with Crippen LogP contribution in [0.15, 0.2) is 18.2 Å². The van der Waals surface area contributed by atoms with Crippen LogP contribution in [0.2, 0.25) is 0 Å². The highest BCUT2D eigenvalue weighted by Gasteiger charge is 2.10. The Balaban J connectivity index is 2.41. The van der Waals surface area contributed by atoms with Crippen LogP contribution in [0.3, 0.4) is 0 Å². The average Bonchev–Trinajstić information content (AvgIpc) is 2.68. The van der Waals surface area contributed by atoms with Crippen LogP contribution in [-0.2, 0) is 12.8 Å². The molecule has 0 heterocycles. The Bertz CT molecular complexity index is 491. The first-order valence-electron chi connectivity index (χ1n) is 11.6. The van der Waals surface area contributed by atoms with Crippen LogP contribution in [0.1, 0.15) is 115 Å². The van der Waals surface area contributed by atoms with E-state index < -0.39 is 8.60 Å². The topological polar surface area (TPSA) is 49.7 Å². The Kier molecular flexibility index (Phi) is 15.6. The SMILES string of the molecule is CCCCCCCCCc1ccc(OP(O)O)c(CCCCCCCCC)c1. The maximum absolute atomic E-state index is 9.25. The summed E-state index contributed by atoms with van der Waals surface area (Å²) in [6, 6.07) is 6.23. The predicted octanol–water partition coefficient (Wildman–Crippen LogP) is 7.86. The Labute approximate surface area is 174 Å². The Morgan fingerprint density at radius 1 is 0.679 bits per heavy atom. The van der Waals surface area contributed by atoms with Crippen LogP contribution in [0, 0.1) is 0 Å². The van der Waals surface area contributed by atoms with Crippen molar-refractivity contribution in [3.8, 4) is 5.75 Å². The fourth-order valence-electron chi connectivity index (χ4n) is 3.72. The molecule has 0 amide bonds. The minimum Gasteiger partial charge on any atom is -0.427 e. The smallest absolute Gasteiger partial charge is 0.391 e. The summed E-state index contributed by atoms with van der Waals surface area (Å²) in [6.07, 6.45) is 20.3. The number of unbranched alkanes of at least 4 members (excludes halogenated alkanes) is 12. The highest BCUT2D eigenvalue weighted by Crippen LogP contribution is 2.33. The third-order valence-corrected chi connectivity index (χ3v) is 5.78. The van der Waals surface area contributed by atoms with Gasteiger partial charge >= 0.3 is 8.60 Å². The van der Waals surface area contributed by atoms with E-state index in [-0.39, 0.29) is 0 Å². The van der Waals surface area contributed by atoms with Crippen LogP contribution >= 0.6 is 8.60 Å². The normalized spacial score (nSPS) is 11.3. The standard InChI is InChI=1S/C24H43O3P/c1-3-5-7-9-11-13-15-17-22-19-20-24(27-28(25)26)23(21-22)18-16-14-12-10-8-6-4-2/h19-21,25-26H,3-18H2,1-2H3. The summed E-state index contributed by atoms with van der Waals surface area (Å²) < 4.78 is 5.27. The quantitative estimate of drug-likeness (QED) is 0.191. The molecule has 162 valence electrons. The summed E-state index contributed by atoms with van der Waals surface area (Å²) in [5.41, 5.74) is 2.48. The van der Waals surface area contributed by atoms with Crippen molar-refractivity contribution in [1.82, 2.24) is 0 Å². The molecule has 1 aromatic carbocycles. The fourth-order valence-corrected chi connectivity index (χ4v) is 4.07. The molecule has 0 atom stereocenters. The summed E-state index contributed by atoms with van der Waals surface area (Å²) in [7, 11) is -2.35. The van der Waals surface area contributed by atoms with Gasteiger partial charge in [0.05, 0.1) is 0 Å². The molecule has 1 aromatic rings. The maximum Gasteiger partial charge on any atom is 0.391 e. The maximum atomic E-state index is 9.25. The minimum absolute atomic E-state index is 0.644. The molecule has 28 heavy (non-hydrogen) atoms. The van der Waals surface area contributed by atoms with Gasteiger partial charge in [-0.2, -0.15) is 0 Å². The van der Waals surface area contributed by atoms with Crippen LogP contribution < -0.4 is 4.52 Å². The zero-order valence-electron chi connectivity index (χ0n) is 18.3. The molecule has 0 radical (unpaired) electrons. The van der Waals surface area contributed by atoms with Crippen LogP contribution in [0.4, 0.5) is 0 Å². The van der Waals surface area contributed by atoms with Crippen molar-refractivity contribution in [2.75, 3.05) is 0 Å². The number of rotatable bonds is 18. The monoisotopic (exact) mass is 410 g/mol. The van der Waals surface area contributed by atoms with Crippen LogP contribution in [-0.4, -0.2) is 9.79 Å². The van der Waals surface area contributed by atoms with Crippen molar-refractivity contribution in [3.05, 3.63) is 29.3 Å². The Morgan fingerprint density at radius 2 is 1.18 bits per heavy atom. The second-order valence-electron chi connectivity index (χ2n) is 8.03. The van der Waals surface area contributed by atoms with Gasteiger partial charge in [0.1, 0.15) is 5.75 Å². The van der Waals surface area contributed by atoms with Gasteiger partial charge in [0.15, 0.2) is 0 Å². The summed E-state index contributed by atoms with van der Waals surface area (Å²) in [4.78, 5) is 18.5. The number of benzene rings is 1. The van der Waals surface area contributed by atoms with Gasteiger partial charge in [0.2, 0.25) is 0 Å². The molecule has 0 spiro atoms. The first-order chi connectivity index (χ1) is 13.7. The molecule has 0 aromatic heterocycles. The minimum atomic E-state index is -2.35. The predicted molar refractivity (Wildman–Crippen MR) is 122 cm³/mol. The third kappa shape index (κ3) is 12.8. The zero-order valence-corrected chi connectivity index (χ0v) is 19.2. The van der Waals surface area contributed by atoms with Crippen molar-refractivity contribution >= 4 is 8.60 Å². The molecular formula is C24H43O3P. The molecule has 2 N–H and O–H groups in total. The van der Waals surface area contributed by atoms with Gasteiger partial charge in [-0.15, -0.1) is 0 Å². The van der Waals surface area contributed by atoms with E-state index in [4.69, 9.17) is 4.52 Å². The highest BCUT2D eigenvalue weighted by atomic mass is 31.2. The molecule has 0 aliphatic rings. The van der Waals surface area contributed by atoms with Crippen molar-refractivity contribution in [2.45, 2.75) is 117 Å². The summed E-state index contributed by atoms with van der Waals surface area (Å²) >= 11 is 0. The van der Waals surface area contributed by atoms with Gasteiger partial charge in [-0.1, -0.05) is 103 Å². The lowest BCUT2D eigenvalue weighted by atomic mass is 9.99. The lowest BCUT2D eigenvalue weighted by Crippen LogP contribution is -1.96. The number of hydrogen-bond donors (Lipinski definition) is 2. The van der Waals surface area contributed by atoms with Crippen molar-refractivity contribution in [2.24, 2.45) is 0 Å². The molecule has 0 saturated heterocycles. The van der Waals surface area contributed by atoms with Gasteiger partial charge < -0.3 is 14.3 Å². The molecule has 1 rings (SSSR count). The molecule has 3 nitrogen and oxygen atoms in total. The molecule has 0 saturated carbocycles. The first-order valence-corrected chi connectivity index (χ1v) is 12.8. The molecule has 0 fully saturated rings. The molecule has 0 bridgehead atoms. The highest BCUT2D eigenvalue weighted by molar-refractivity contribution is 7.39. The van der Waals surface area contributed by atoms with E-state index in [1.54, 1.807) is 0 Å². The second-order valence-corrected chi connectivity index (χ2v) is 8.72. The Morgan fingerprint density at radius 3 is 1.71 bits per heavy atom. The summed E-state index contributed by atoms with van der Waals surface area (Å²) in [5, 5.41) is 0. The van der Waals surface area contributed by atoms with Gasteiger partial charge in [0, 0.05) is 0 Å². The lowest BCUT2D eigenvalue weighted by molar-refractivity contribution is 0.373. The summed E-state index contributed by atoms with van der Waals surface area (Å²) in [6.45, 7) is 4.51. The van der Waals surface area contributed by atoms with Crippen molar-refractivity contribution in [1.29, 1.82) is 0 Å². The van der Waals surface area contributed by atoms with Gasteiger partial charge in [-0.05, 0) is 42.9 Å². The second kappa shape index (κ2) is 17.2. The van der Waals surface area contributed by atoms with E-state index in [0.717, 1.165) is 24.8 Å². The molecule has 4 heteroatoms. The molecule has 0 aliphatic carbocycles. The number of aryl methyl sites for hydroxylation is 2. The van der Waals surface area contributed by atoms with Gasteiger partial charge in [-0.25, -0.2) is 0 Å². The van der Waals surface area contributed by atoms with Gasteiger partial charge in [0.25, 0.3) is 0 Å². The van der Waals surface area contributed by atoms with E-state index >= 15 is 0 Å². The van der Waals surface area contributed by atoms with Crippen LogP contribution in [0.5, 0.6) is 5.75 Å². The molecular weight excluding hydrogens is 367 g/mol. The molecule has 0 unspecified atom stereocenters. The first kappa shape index (κ1) is 25.4. The van der Waals surface area contributed by atoms with Gasteiger partial charge in [-0.3, -0.25) is 0 Å². The third-order valence-electron chi connectivity index (χ3n) is 5.42. The largest absolute Gasteiger partial charge is 0.427 e. The summed E-state index contributed by atoms with van der Waals surface area (Å²) in [5.74, 6) is 0.644. The molecule has 0 aliphatic heterocycles. The van der Waals surface area contributed by atoms with E-state index in [9.17, 15) is 9.79 Å². The zero-order chi connectivity index (χ0) is 20.5. The Hall–Kier alpha value is -0.630. The van der Waals surface area contributed by atoms with Crippen molar-refractivity contribution in [3.63, 3.8) is 0 Å². The van der Waals surface area contributed by atoms with E-state index in [2.05, 4.69) is 26.0 Å². The van der Waals surface area contributed by atoms with Crippen LogP contribution in [0.25, 0.3) is 0 Å². The average molecular weight is 411 g/mol. The number of hydrogen-bond acceptors (Lipinski definition) is 3. The van der Waals surface area contributed by atoms with E-state index in [1.165, 1.54) is 89.0 Å². The van der Waals surface area contributed by atoms with E-state index in [1.807, 2.05) is 6.07 Å². The van der Waals surface area contributed by atoms with Crippen molar-refractivity contribution < 1.29 is 14.3 Å². The lowest BCUT2D eigenvalue weighted by Gasteiger charge is -2.13.